The zero-order chi connectivity index (χ0) is 19.7. The van der Waals surface area contributed by atoms with Gasteiger partial charge < -0.3 is 4.43 Å². The molecule has 0 spiro atoms. The fourth-order valence-corrected chi connectivity index (χ4v) is 5.89. The van der Waals surface area contributed by atoms with E-state index in [0.717, 1.165) is 6.61 Å². The van der Waals surface area contributed by atoms with Crippen molar-refractivity contribution in [2.75, 3.05) is 6.61 Å². The molecule has 0 heterocycles. The molecule has 0 aliphatic heterocycles. The van der Waals surface area contributed by atoms with Gasteiger partial charge in [0.15, 0.2) is 7.83 Å². The average molecular weight is 401 g/mol. The van der Waals surface area contributed by atoms with Crippen molar-refractivity contribution < 1.29 is 4.43 Å². The molecular formula is C23H52OSi2. The lowest BCUT2D eigenvalue weighted by molar-refractivity contribution is 0.304. The highest BCUT2D eigenvalue weighted by Gasteiger charge is 2.38. The summed E-state index contributed by atoms with van der Waals surface area (Å²) >= 11 is 0. The fourth-order valence-electron chi connectivity index (χ4n) is 3.19. The predicted molar refractivity (Wildman–Crippen MR) is 126 cm³/mol. The minimum atomic E-state index is -1.38. The molecule has 0 aliphatic rings. The highest BCUT2D eigenvalue weighted by atomic mass is 29.3. The summed E-state index contributed by atoms with van der Waals surface area (Å²) in [6.45, 7) is 15.6. The van der Waals surface area contributed by atoms with Gasteiger partial charge in [-0.05, 0) is 19.5 Å². The third-order valence-corrected chi connectivity index (χ3v) is 22.1. The molecule has 0 aromatic rings. The Morgan fingerprint density at radius 3 is 1.08 bits per heavy atom. The summed E-state index contributed by atoms with van der Waals surface area (Å²) in [5.74, 6) is 0. The van der Waals surface area contributed by atoms with Crippen molar-refractivity contribution in [2.45, 2.75) is 142 Å². The maximum absolute atomic E-state index is 6.31. The molecule has 0 aliphatic carbocycles. The minimum Gasteiger partial charge on any atom is -0.420 e. The van der Waals surface area contributed by atoms with Crippen molar-refractivity contribution in [1.29, 1.82) is 0 Å². The second-order valence-corrected chi connectivity index (χ2v) is 25.8. The third-order valence-electron chi connectivity index (χ3n) is 6.27. The number of unbranched alkanes of at least 4 members (excludes halogenated alkanes) is 15. The smallest absolute Gasteiger partial charge is 0.173 e. The molecule has 0 aromatic carbocycles. The van der Waals surface area contributed by atoms with Crippen LogP contribution in [-0.4, -0.2) is 22.0 Å². The summed E-state index contributed by atoms with van der Waals surface area (Å²) in [6.07, 6.45) is 23.0. The highest BCUT2D eigenvalue weighted by Crippen LogP contribution is 2.20. The number of hydrogen-bond acceptors (Lipinski definition) is 1. The molecule has 0 saturated carbocycles. The molecule has 26 heavy (non-hydrogen) atoms. The largest absolute Gasteiger partial charge is 0.420 e. The van der Waals surface area contributed by atoms with Crippen molar-refractivity contribution in [2.24, 2.45) is 0 Å². The SMILES string of the molecule is CCCCCCCCCCCCCCCCCCO[Si](C)(C)[Si](C)(C)C. The van der Waals surface area contributed by atoms with E-state index in [1.165, 1.54) is 103 Å². The molecule has 0 aromatic heterocycles. The molecule has 158 valence electrons. The Bertz CT molecular complexity index is 297. The lowest BCUT2D eigenvalue weighted by Gasteiger charge is -2.34. The Labute approximate surface area is 169 Å². The predicted octanol–water partition coefficient (Wildman–Crippen LogP) is 8.89. The first-order valence-corrected chi connectivity index (χ1v) is 19.4. The molecular weight excluding hydrogens is 348 g/mol. The summed E-state index contributed by atoms with van der Waals surface area (Å²) in [7, 11) is -2.45. The highest BCUT2D eigenvalue weighted by molar-refractivity contribution is 7.37. The normalized spacial score (nSPS) is 12.7. The molecule has 1 nitrogen and oxygen atoms in total. The molecule has 0 rings (SSSR count). The Kier molecular flexibility index (Phi) is 16.6. The van der Waals surface area contributed by atoms with Crippen LogP contribution in [0.15, 0.2) is 0 Å². The standard InChI is InChI=1S/C23H52OSi2/c1-7-8-9-10-11-12-13-14-15-16-17-18-19-20-21-22-23-24-26(5,6)25(2,3)4/h7-23H2,1-6H3. The van der Waals surface area contributed by atoms with E-state index < -0.39 is 15.4 Å². The quantitative estimate of drug-likeness (QED) is 0.155. The summed E-state index contributed by atoms with van der Waals surface area (Å²) in [6, 6.07) is 0. The van der Waals surface area contributed by atoms with E-state index in [1.54, 1.807) is 0 Å². The molecule has 0 N–H and O–H groups in total. The van der Waals surface area contributed by atoms with E-state index >= 15 is 0 Å². The van der Waals surface area contributed by atoms with Crippen molar-refractivity contribution in [3.63, 3.8) is 0 Å². The lowest BCUT2D eigenvalue weighted by atomic mass is 10.0. The summed E-state index contributed by atoms with van der Waals surface area (Å²) < 4.78 is 6.31. The van der Waals surface area contributed by atoms with Gasteiger partial charge in [0, 0.05) is 6.61 Å². The van der Waals surface area contributed by atoms with Crippen LogP contribution in [0.5, 0.6) is 0 Å². The summed E-state index contributed by atoms with van der Waals surface area (Å²) in [5, 5.41) is 0. The van der Waals surface area contributed by atoms with Gasteiger partial charge in [-0.2, -0.15) is 0 Å². The first kappa shape index (κ1) is 26.4. The van der Waals surface area contributed by atoms with Crippen molar-refractivity contribution in [3.05, 3.63) is 0 Å². The minimum absolute atomic E-state index is 1.02. The zero-order valence-corrected chi connectivity index (χ0v) is 21.4. The molecule has 0 bridgehead atoms. The Morgan fingerprint density at radius 1 is 0.462 bits per heavy atom. The van der Waals surface area contributed by atoms with Gasteiger partial charge >= 0.3 is 0 Å². The van der Waals surface area contributed by atoms with Gasteiger partial charge in [-0.15, -0.1) is 0 Å². The first-order valence-electron chi connectivity index (χ1n) is 11.9. The van der Waals surface area contributed by atoms with E-state index in [2.05, 4.69) is 39.7 Å². The molecule has 0 saturated heterocycles. The van der Waals surface area contributed by atoms with Crippen molar-refractivity contribution in [1.82, 2.24) is 0 Å². The zero-order valence-electron chi connectivity index (χ0n) is 19.4. The van der Waals surface area contributed by atoms with E-state index in [0.29, 0.717) is 0 Å². The van der Waals surface area contributed by atoms with Gasteiger partial charge in [0.05, 0.1) is 7.59 Å². The van der Waals surface area contributed by atoms with Gasteiger partial charge in [0.25, 0.3) is 0 Å². The van der Waals surface area contributed by atoms with Crippen molar-refractivity contribution >= 4 is 15.4 Å². The van der Waals surface area contributed by atoms with Crippen LogP contribution in [0.2, 0.25) is 32.7 Å². The summed E-state index contributed by atoms with van der Waals surface area (Å²) in [4.78, 5) is 0. The van der Waals surface area contributed by atoms with Crippen LogP contribution in [0.3, 0.4) is 0 Å². The maximum Gasteiger partial charge on any atom is 0.173 e. The molecule has 0 radical (unpaired) electrons. The van der Waals surface area contributed by atoms with Crippen LogP contribution in [0.25, 0.3) is 0 Å². The van der Waals surface area contributed by atoms with Gasteiger partial charge in [-0.3, -0.25) is 0 Å². The second-order valence-electron chi connectivity index (χ2n) is 9.91. The van der Waals surface area contributed by atoms with Crippen LogP contribution in [0.4, 0.5) is 0 Å². The second kappa shape index (κ2) is 16.4. The molecule has 0 atom stereocenters. The van der Waals surface area contributed by atoms with E-state index in [1.807, 2.05) is 0 Å². The van der Waals surface area contributed by atoms with E-state index in [4.69, 9.17) is 4.43 Å². The van der Waals surface area contributed by atoms with Crippen LogP contribution in [-0.2, 0) is 4.43 Å². The van der Waals surface area contributed by atoms with E-state index in [9.17, 15) is 0 Å². The number of hydrogen-bond donors (Lipinski definition) is 0. The Hall–Kier alpha value is 0.394. The Balaban J connectivity index is 3.21. The molecule has 0 fully saturated rings. The van der Waals surface area contributed by atoms with Gasteiger partial charge in [0.1, 0.15) is 0 Å². The van der Waals surface area contributed by atoms with Crippen LogP contribution >= 0.6 is 0 Å². The van der Waals surface area contributed by atoms with Crippen molar-refractivity contribution in [3.8, 4) is 0 Å². The van der Waals surface area contributed by atoms with Crippen LogP contribution in [0, 0.1) is 0 Å². The van der Waals surface area contributed by atoms with E-state index in [-0.39, 0.29) is 0 Å². The first-order chi connectivity index (χ1) is 12.3. The van der Waals surface area contributed by atoms with Gasteiger partial charge in [-0.25, -0.2) is 0 Å². The average Bonchev–Trinajstić information content (AvgIpc) is 2.56. The summed E-state index contributed by atoms with van der Waals surface area (Å²) in [5.41, 5.74) is 0. The monoisotopic (exact) mass is 400 g/mol. The molecule has 0 amide bonds. The number of rotatable bonds is 19. The maximum atomic E-state index is 6.31. The van der Waals surface area contributed by atoms with Gasteiger partial charge in [0.2, 0.25) is 0 Å². The lowest BCUT2D eigenvalue weighted by Crippen LogP contribution is -2.54. The Morgan fingerprint density at radius 2 is 0.769 bits per heavy atom. The van der Waals surface area contributed by atoms with Crippen LogP contribution < -0.4 is 0 Å². The fraction of sp³-hybridized carbons (Fsp3) is 1.00. The third kappa shape index (κ3) is 15.5. The van der Waals surface area contributed by atoms with Crippen LogP contribution in [0.1, 0.15) is 110 Å². The topological polar surface area (TPSA) is 9.23 Å². The van der Waals surface area contributed by atoms with Gasteiger partial charge in [-0.1, -0.05) is 123 Å². The molecule has 3 heteroatoms. The molecule has 0 unspecified atom stereocenters.